The summed E-state index contributed by atoms with van der Waals surface area (Å²) in [5.41, 5.74) is 1.94. The van der Waals surface area contributed by atoms with E-state index in [2.05, 4.69) is 10.6 Å². The normalized spacial score (nSPS) is 15.8. The van der Waals surface area contributed by atoms with Crippen LogP contribution in [0.5, 0.6) is 5.75 Å². The number of amides is 2. The SMILES string of the molecule is COc1ccccc1CCC(=O)Nc1ccccc1C(=O)NCC1CCCO1. The highest BCUT2D eigenvalue weighted by Gasteiger charge is 2.18. The van der Waals surface area contributed by atoms with E-state index < -0.39 is 0 Å². The monoisotopic (exact) mass is 382 g/mol. The highest BCUT2D eigenvalue weighted by atomic mass is 16.5. The molecule has 3 rings (SSSR count). The molecule has 148 valence electrons. The van der Waals surface area contributed by atoms with Gasteiger partial charge in [-0.2, -0.15) is 0 Å². The maximum atomic E-state index is 12.5. The Morgan fingerprint density at radius 2 is 1.93 bits per heavy atom. The van der Waals surface area contributed by atoms with Gasteiger partial charge in [0.05, 0.1) is 24.5 Å². The molecule has 1 atom stereocenters. The molecule has 6 nitrogen and oxygen atoms in total. The number of hydrogen-bond donors (Lipinski definition) is 2. The van der Waals surface area contributed by atoms with Gasteiger partial charge in [-0.05, 0) is 43.0 Å². The summed E-state index contributed by atoms with van der Waals surface area (Å²) in [4.78, 5) is 25.0. The Kier molecular flexibility index (Phi) is 7.03. The van der Waals surface area contributed by atoms with Crippen molar-refractivity contribution in [3.8, 4) is 5.75 Å². The van der Waals surface area contributed by atoms with Crippen molar-refractivity contribution in [2.24, 2.45) is 0 Å². The van der Waals surface area contributed by atoms with Crippen LogP contribution >= 0.6 is 0 Å². The van der Waals surface area contributed by atoms with Crippen molar-refractivity contribution in [1.82, 2.24) is 5.32 Å². The Morgan fingerprint density at radius 1 is 1.14 bits per heavy atom. The maximum absolute atomic E-state index is 12.5. The Bertz CT molecular complexity index is 816. The number of anilines is 1. The Morgan fingerprint density at radius 3 is 2.71 bits per heavy atom. The second kappa shape index (κ2) is 9.90. The van der Waals surface area contributed by atoms with Crippen molar-refractivity contribution < 1.29 is 19.1 Å². The number of rotatable bonds is 8. The molecule has 1 fully saturated rings. The predicted octanol–water partition coefficient (Wildman–Crippen LogP) is 3.18. The summed E-state index contributed by atoms with van der Waals surface area (Å²) in [5, 5.41) is 5.75. The zero-order valence-corrected chi connectivity index (χ0v) is 16.1. The van der Waals surface area contributed by atoms with Crippen LogP contribution < -0.4 is 15.4 Å². The van der Waals surface area contributed by atoms with Gasteiger partial charge in [0.15, 0.2) is 0 Å². The lowest BCUT2D eigenvalue weighted by Crippen LogP contribution is -2.32. The second-order valence-electron chi connectivity index (χ2n) is 6.75. The molecule has 1 aliphatic heterocycles. The van der Waals surface area contributed by atoms with E-state index in [-0.39, 0.29) is 17.9 Å². The first-order valence-corrected chi connectivity index (χ1v) is 9.58. The average Bonchev–Trinajstić information content (AvgIpc) is 3.25. The molecular formula is C22H26N2O4. The van der Waals surface area contributed by atoms with E-state index in [9.17, 15) is 9.59 Å². The first-order chi connectivity index (χ1) is 13.7. The Balaban J connectivity index is 1.57. The van der Waals surface area contributed by atoms with Gasteiger partial charge in [-0.3, -0.25) is 9.59 Å². The van der Waals surface area contributed by atoms with Gasteiger partial charge in [-0.1, -0.05) is 30.3 Å². The lowest BCUT2D eigenvalue weighted by Gasteiger charge is -2.14. The summed E-state index contributed by atoms with van der Waals surface area (Å²) < 4.78 is 10.9. The molecule has 0 aromatic heterocycles. The third-order valence-electron chi connectivity index (χ3n) is 4.77. The minimum absolute atomic E-state index is 0.0755. The molecule has 1 unspecified atom stereocenters. The van der Waals surface area contributed by atoms with Crippen LogP contribution in [-0.4, -0.2) is 38.2 Å². The van der Waals surface area contributed by atoms with Crippen molar-refractivity contribution in [1.29, 1.82) is 0 Å². The van der Waals surface area contributed by atoms with Crippen LogP contribution in [0.4, 0.5) is 5.69 Å². The quantitative estimate of drug-likeness (QED) is 0.735. The van der Waals surface area contributed by atoms with Gasteiger partial charge in [-0.15, -0.1) is 0 Å². The van der Waals surface area contributed by atoms with E-state index >= 15 is 0 Å². The molecule has 2 aromatic carbocycles. The number of carbonyl (C=O) groups excluding carboxylic acids is 2. The molecule has 2 amide bonds. The fourth-order valence-electron chi connectivity index (χ4n) is 3.27. The number of ether oxygens (including phenoxy) is 2. The number of nitrogens with one attached hydrogen (secondary N) is 2. The van der Waals surface area contributed by atoms with Gasteiger partial charge in [0.1, 0.15) is 5.75 Å². The van der Waals surface area contributed by atoms with Gasteiger partial charge in [0, 0.05) is 19.6 Å². The minimum atomic E-state index is -0.212. The fraction of sp³-hybridized carbons (Fsp3) is 0.364. The fourth-order valence-corrected chi connectivity index (χ4v) is 3.27. The van der Waals surface area contributed by atoms with Gasteiger partial charge in [-0.25, -0.2) is 0 Å². The second-order valence-corrected chi connectivity index (χ2v) is 6.75. The number of benzene rings is 2. The van der Waals surface area contributed by atoms with Crippen LogP contribution in [0.1, 0.15) is 35.2 Å². The predicted molar refractivity (Wildman–Crippen MR) is 108 cm³/mol. The molecule has 1 heterocycles. The van der Waals surface area contributed by atoms with Gasteiger partial charge in [0.2, 0.25) is 5.91 Å². The van der Waals surface area contributed by atoms with Crippen molar-refractivity contribution >= 4 is 17.5 Å². The molecule has 1 aliphatic rings. The molecule has 6 heteroatoms. The highest BCUT2D eigenvalue weighted by Crippen LogP contribution is 2.20. The van der Waals surface area contributed by atoms with Crippen LogP contribution in [-0.2, 0) is 16.0 Å². The Labute approximate surface area is 165 Å². The molecular weight excluding hydrogens is 356 g/mol. The molecule has 2 aromatic rings. The summed E-state index contributed by atoms with van der Waals surface area (Å²) in [6.07, 6.45) is 2.92. The number of methoxy groups -OCH3 is 1. The molecule has 0 bridgehead atoms. The standard InChI is InChI=1S/C22H26N2O4/c1-27-20-11-5-2-7-16(20)12-13-21(25)24-19-10-4-3-9-18(19)22(26)23-15-17-8-6-14-28-17/h2-5,7,9-11,17H,6,8,12-15H2,1H3,(H,23,26)(H,24,25). The van der Waals surface area contributed by atoms with Crippen LogP contribution in [0.3, 0.4) is 0 Å². The number of aryl methyl sites for hydroxylation is 1. The zero-order chi connectivity index (χ0) is 19.8. The van der Waals surface area contributed by atoms with Crippen molar-refractivity contribution in [3.05, 3.63) is 59.7 Å². The molecule has 0 saturated carbocycles. The summed E-state index contributed by atoms with van der Waals surface area (Å²) in [5.74, 6) is 0.408. The van der Waals surface area contributed by atoms with E-state index in [4.69, 9.17) is 9.47 Å². The van der Waals surface area contributed by atoms with Crippen molar-refractivity contribution in [2.75, 3.05) is 25.6 Å². The molecule has 0 aliphatic carbocycles. The molecule has 28 heavy (non-hydrogen) atoms. The maximum Gasteiger partial charge on any atom is 0.253 e. The van der Waals surface area contributed by atoms with Crippen LogP contribution in [0.2, 0.25) is 0 Å². The summed E-state index contributed by atoms with van der Waals surface area (Å²) in [7, 11) is 1.62. The summed E-state index contributed by atoms with van der Waals surface area (Å²) >= 11 is 0. The van der Waals surface area contributed by atoms with Crippen LogP contribution in [0.15, 0.2) is 48.5 Å². The largest absolute Gasteiger partial charge is 0.496 e. The number of hydrogen-bond acceptors (Lipinski definition) is 4. The smallest absolute Gasteiger partial charge is 0.253 e. The first-order valence-electron chi connectivity index (χ1n) is 9.58. The summed E-state index contributed by atoms with van der Waals surface area (Å²) in [6, 6.07) is 14.7. The van der Waals surface area contributed by atoms with E-state index in [0.717, 1.165) is 30.8 Å². The van der Waals surface area contributed by atoms with Crippen LogP contribution in [0, 0.1) is 0 Å². The summed E-state index contributed by atoms with van der Waals surface area (Å²) in [6.45, 7) is 1.23. The van der Waals surface area contributed by atoms with Gasteiger partial charge < -0.3 is 20.1 Å². The minimum Gasteiger partial charge on any atom is -0.496 e. The molecule has 2 N–H and O–H groups in total. The van der Waals surface area contributed by atoms with Crippen molar-refractivity contribution in [2.45, 2.75) is 31.8 Å². The number of para-hydroxylation sites is 2. The van der Waals surface area contributed by atoms with E-state index in [0.29, 0.717) is 30.6 Å². The zero-order valence-electron chi connectivity index (χ0n) is 16.1. The molecule has 0 radical (unpaired) electrons. The first kappa shape index (κ1) is 19.9. The lowest BCUT2D eigenvalue weighted by atomic mass is 10.1. The lowest BCUT2D eigenvalue weighted by molar-refractivity contribution is -0.116. The Hall–Kier alpha value is -2.86. The van der Waals surface area contributed by atoms with Crippen LogP contribution in [0.25, 0.3) is 0 Å². The topological polar surface area (TPSA) is 76.7 Å². The third kappa shape index (κ3) is 5.33. The van der Waals surface area contributed by atoms with Gasteiger partial charge in [0.25, 0.3) is 5.91 Å². The van der Waals surface area contributed by atoms with E-state index in [1.807, 2.05) is 24.3 Å². The average molecular weight is 382 g/mol. The van der Waals surface area contributed by atoms with E-state index in [1.165, 1.54) is 0 Å². The molecule has 0 spiro atoms. The van der Waals surface area contributed by atoms with Crippen molar-refractivity contribution in [3.63, 3.8) is 0 Å². The molecule has 1 saturated heterocycles. The number of carbonyl (C=O) groups is 2. The highest BCUT2D eigenvalue weighted by molar-refractivity contribution is 6.03. The third-order valence-corrected chi connectivity index (χ3v) is 4.77. The van der Waals surface area contributed by atoms with E-state index in [1.54, 1.807) is 31.4 Å². The van der Waals surface area contributed by atoms with Gasteiger partial charge >= 0.3 is 0 Å².